The van der Waals surface area contributed by atoms with Crippen LogP contribution in [0.3, 0.4) is 0 Å². The lowest BCUT2D eigenvalue weighted by Crippen LogP contribution is -2.46. The van der Waals surface area contributed by atoms with E-state index < -0.39 is 58.6 Å². The van der Waals surface area contributed by atoms with Gasteiger partial charge in [-0.05, 0) is 33.9 Å². The molecule has 1 aromatic carbocycles. The van der Waals surface area contributed by atoms with Gasteiger partial charge in [0, 0.05) is 47.5 Å². The number of carbonyl (C=O) groups excluding carboxylic acids is 1. The Kier molecular flexibility index (Phi) is 8.28. The zero-order chi connectivity index (χ0) is 28.7. The van der Waals surface area contributed by atoms with Crippen molar-refractivity contribution in [3.8, 4) is 5.75 Å². The minimum Gasteiger partial charge on any atom is -0.493 e. The molecular formula is C26H32F5N3O4. The standard InChI is InChI=1S/C26H32F5N3O4/c1-12-20(15-8-9-17(27)21(28)22(15)37-7)23(38-25(12,4)26(29,30)31)18-10-19(35)16(13(2)33-18)11-34(6)24(36)14(3)32-5/h8-10,12,14,20,23,32H,11H2,1-7H3,(H,33,35)/t12-,14-,20-,23-,25+/m0/s1. The second kappa shape index (κ2) is 10.6. The number of methoxy groups -OCH3 is 1. The van der Waals surface area contributed by atoms with Crippen molar-refractivity contribution in [3.63, 3.8) is 0 Å². The number of benzene rings is 1. The number of aromatic amines is 1. The van der Waals surface area contributed by atoms with Gasteiger partial charge in [-0.1, -0.05) is 13.0 Å². The number of carbonyl (C=O) groups is 1. The number of rotatable bonds is 7. The van der Waals surface area contributed by atoms with Gasteiger partial charge in [-0.15, -0.1) is 0 Å². The lowest BCUT2D eigenvalue weighted by Gasteiger charge is -2.32. The lowest BCUT2D eigenvalue weighted by atomic mass is 9.76. The Morgan fingerprint density at radius 1 is 1.32 bits per heavy atom. The van der Waals surface area contributed by atoms with E-state index in [4.69, 9.17) is 9.47 Å². The van der Waals surface area contributed by atoms with Crippen LogP contribution in [0.2, 0.25) is 0 Å². The maximum Gasteiger partial charge on any atom is 0.417 e. The molecule has 1 aliphatic rings. The average molecular weight is 546 g/mol. The highest BCUT2D eigenvalue weighted by molar-refractivity contribution is 5.81. The van der Waals surface area contributed by atoms with E-state index >= 15 is 0 Å². The number of alkyl halides is 3. The Hall–Kier alpha value is -2.99. The number of nitrogens with one attached hydrogen (secondary N) is 2. The number of H-pyrrole nitrogens is 1. The van der Waals surface area contributed by atoms with Crippen LogP contribution in [0.25, 0.3) is 0 Å². The summed E-state index contributed by atoms with van der Waals surface area (Å²) in [6.45, 7) is 5.40. The second-order valence-electron chi connectivity index (χ2n) is 9.84. The minimum absolute atomic E-state index is 0.0224. The highest BCUT2D eigenvalue weighted by Gasteiger charge is 2.65. The van der Waals surface area contributed by atoms with E-state index in [1.54, 1.807) is 20.9 Å². The average Bonchev–Trinajstić information content (AvgIpc) is 3.13. The maximum atomic E-state index is 14.6. The van der Waals surface area contributed by atoms with E-state index in [1.807, 2.05) is 0 Å². The summed E-state index contributed by atoms with van der Waals surface area (Å²) in [5.41, 5.74) is -2.59. The summed E-state index contributed by atoms with van der Waals surface area (Å²) in [4.78, 5) is 29.9. The topological polar surface area (TPSA) is 83.7 Å². The van der Waals surface area contributed by atoms with Crippen LogP contribution >= 0.6 is 0 Å². The summed E-state index contributed by atoms with van der Waals surface area (Å²) in [5, 5.41) is 2.82. The van der Waals surface area contributed by atoms with E-state index in [2.05, 4.69) is 10.3 Å². The molecule has 1 amide bonds. The number of halogens is 5. The molecule has 12 heteroatoms. The predicted molar refractivity (Wildman–Crippen MR) is 130 cm³/mol. The zero-order valence-electron chi connectivity index (χ0n) is 22.2. The number of nitrogens with zero attached hydrogens (tertiary/aromatic N) is 1. The van der Waals surface area contributed by atoms with E-state index in [0.29, 0.717) is 5.69 Å². The molecule has 38 heavy (non-hydrogen) atoms. The van der Waals surface area contributed by atoms with Crippen LogP contribution in [0, 0.1) is 24.5 Å². The summed E-state index contributed by atoms with van der Waals surface area (Å²) >= 11 is 0. The van der Waals surface area contributed by atoms with Gasteiger partial charge in [0.1, 0.15) is 6.10 Å². The first-order valence-corrected chi connectivity index (χ1v) is 12.0. The number of pyridine rings is 1. The first-order valence-electron chi connectivity index (χ1n) is 12.0. The largest absolute Gasteiger partial charge is 0.493 e. The third-order valence-electron chi connectivity index (χ3n) is 7.56. The fourth-order valence-electron chi connectivity index (χ4n) is 4.94. The van der Waals surface area contributed by atoms with Crippen molar-refractivity contribution in [1.82, 2.24) is 15.2 Å². The van der Waals surface area contributed by atoms with Crippen molar-refractivity contribution in [3.05, 3.63) is 62.6 Å². The first-order chi connectivity index (χ1) is 17.6. The molecule has 0 bridgehead atoms. The van der Waals surface area contributed by atoms with Crippen LogP contribution in [0.5, 0.6) is 5.75 Å². The van der Waals surface area contributed by atoms with Crippen LogP contribution in [-0.2, 0) is 16.1 Å². The van der Waals surface area contributed by atoms with Crippen molar-refractivity contribution < 1.29 is 36.2 Å². The fraction of sp³-hybridized carbons (Fsp3) is 0.538. The van der Waals surface area contributed by atoms with Gasteiger partial charge in [-0.3, -0.25) is 9.59 Å². The van der Waals surface area contributed by atoms with Gasteiger partial charge in [0.05, 0.1) is 19.7 Å². The minimum atomic E-state index is -4.81. The predicted octanol–water partition coefficient (Wildman–Crippen LogP) is 4.35. The molecule has 2 aromatic rings. The summed E-state index contributed by atoms with van der Waals surface area (Å²) < 4.78 is 81.9. The molecular weight excluding hydrogens is 513 g/mol. The van der Waals surface area contributed by atoms with Crippen LogP contribution in [0.15, 0.2) is 23.0 Å². The Balaban J connectivity index is 2.13. The fourth-order valence-corrected chi connectivity index (χ4v) is 4.94. The van der Waals surface area contributed by atoms with Crippen molar-refractivity contribution in [2.75, 3.05) is 21.2 Å². The molecule has 1 aliphatic heterocycles. The Morgan fingerprint density at radius 2 is 1.95 bits per heavy atom. The normalized spacial score (nSPS) is 24.4. The highest BCUT2D eigenvalue weighted by Crippen LogP contribution is 2.59. The Bertz CT molecular complexity index is 1260. The molecule has 1 aromatic heterocycles. The van der Waals surface area contributed by atoms with Crippen molar-refractivity contribution in [2.45, 2.75) is 64.1 Å². The van der Waals surface area contributed by atoms with E-state index in [-0.39, 0.29) is 29.3 Å². The lowest BCUT2D eigenvalue weighted by molar-refractivity contribution is -0.275. The summed E-state index contributed by atoms with van der Waals surface area (Å²) in [7, 11) is 4.25. The molecule has 0 spiro atoms. The van der Waals surface area contributed by atoms with Crippen molar-refractivity contribution in [1.29, 1.82) is 0 Å². The van der Waals surface area contributed by atoms with Crippen molar-refractivity contribution in [2.24, 2.45) is 5.92 Å². The number of amides is 1. The number of aryl methyl sites for hydroxylation is 1. The van der Waals surface area contributed by atoms with Gasteiger partial charge in [0.2, 0.25) is 11.7 Å². The van der Waals surface area contributed by atoms with E-state index in [9.17, 15) is 31.5 Å². The molecule has 5 atom stereocenters. The van der Waals surface area contributed by atoms with Crippen LogP contribution in [0.4, 0.5) is 22.0 Å². The number of aromatic nitrogens is 1. The Labute approximate surface area is 217 Å². The van der Waals surface area contributed by atoms with Crippen LogP contribution < -0.4 is 15.5 Å². The van der Waals surface area contributed by atoms with Crippen LogP contribution in [-0.4, -0.2) is 54.8 Å². The molecule has 0 radical (unpaired) electrons. The molecule has 1 fully saturated rings. The van der Waals surface area contributed by atoms with Crippen molar-refractivity contribution >= 4 is 5.91 Å². The molecule has 0 aliphatic carbocycles. The van der Waals surface area contributed by atoms with E-state index in [0.717, 1.165) is 26.2 Å². The number of ether oxygens (including phenoxy) is 2. The molecule has 0 saturated carbocycles. The number of likely N-dealkylation sites (N-methyl/N-ethyl adjacent to an activating group) is 2. The van der Waals surface area contributed by atoms with Crippen LogP contribution in [0.1, 0.15) is 55.3 Å². The summed E-state index contributed by atoms with van der Waals surface area (Å²) in [5.74, 6) is -5.77. The molecule has 7 nitrogen and oxygen atoms in total. The summed E-state index contributed by atoms with van der Waals surface area (Å²) in [6, 6.07) is 2.62. The third-order valence-corrected chi connectivity index (χ3v) is 7.56. The first kappa shape index (κ1) is 29.6. The quantitative estimate of drug-likeness (QED) is 0.506. The third kappa shape index (κ3) is 5.03. The van der Waals surface area contributed by atoms with Gasteiger partial charge in [-0.2, -0.15) is 17.6 Å². The summed E-state index contributed by atoms with van der Waals surface area (Å²) in [6.07, 6.45) is -6.19. The van der Waals surface area contributed by atoms with Gasteiger partial charge < -0.3 is 24.7 Å². The molecule has 2 heterocycles. The van der Waals surface area contributed by atoms with Gasteiger partial charge in [-0.25, -0.2) is 4.39 Å². The molecule has 1 saturated heterocycles. The Morgan fingerprint density at radius 3 is 2.47 bits per heavy atom. The molecule has 0 unspecified atom stereocenters. The van der Waals surface area contributed by atoms with E-state index in [1.165, 1.54) is 24.9 Å². The van der Waals surface area contributed by atoms with Gasteiger partial charge in [0.15, 0.2) is 22.6 Å². The molecule has 210 valence electrons. The number of hydrogen-bond donors (Lipinski definition) is 2. The number of hydrogen-bond acceptors (Lipinski definition) is 5. The maximum absolute atomic E-state index is 14.6. The second-order valence-corrected chi connectivity index (χ2v) is 9.84. The molecule has 3 rings (SSSR count). The zero-order valence-corrected chi connectivity index (χ0v) is 22.2. The SMILES string of the molecule is CN[C@@H](C)C(=O)N(C)Cc1c(C)[nH]c([C@@H]2O[C@@](C)(C(F)(F)F)[C@@H](C)[C@H]2c2ccc(F)c(F)c2OC)cc1=O. The van der Waals surface area contributed by atoms with Gasteiger partial charge in [0.25, 0.3) is 0 Å². The van der Waals surface area contributed by atoms with Gasteiger partial charge >= 0.3 is 6.18 Å². The highest BCUT2D eigenvalue weighted by atomic mass is 19.4. The molecule has 2 N–H and O–H groups in total. The monoisotopic (exact) mass is 545 g/mol. The smallest absolute Gasteiger partial charge is 0.417 e.